The highest BCUT2D eigenvalue weighted by Gasteiger charge is 2.17. The second-order valence-electron chi connectivity index (χ2n) is 7.33. The van der Waals surface area contributed by atoms with Gasteiger partial charge in [-0.1, -0.05) is 6.07 Å². The lowest BCUT2D eigenvalue weighted by Crippen LogP contribution is -2.17. The van der Waals surface area contributed by atoms with Crippen molar-refractivity contribution in [3.05, 3.63) is 82.2 Å². The third kappa shape index (κ3) is 4.29. The first kappa shape index (κ1) is 21.1. The minimum absolute atomic E-state index is 0.224. The first-order valence-corrected chi connectivity index (χ1v) is 11.1. The monoisotopic (exact) mass is 464 g/mol. The van der Waals surface area contributed by atoms with Gasteiger partial charge in [0.25, 0.3) is 0 Å². The number of rotatable bonds is 6. The van der Waals surface area contributed by atoms with Gasteiger partial charge < -0.3 is 23.5 Å². The van der Waals surface area contributed by atoms with Gasteiger partial charge in [-0.3, -0.25) is 0 Å². The molecule has 1 aliphatic rings. The molecule has 0 spiro atoms. The fourth-order valence-electron chi connectivity index (χ4n) is 3.65. The third-order valence-corrected chi connectivity index (χ3v) is 6.17. The van der Waals surface area contributed by atoms with E-state index in [2.05, 4.69) is 4.57 Å². The molecule has 0 fully saturated rings. The zero-order valence-electron chi connectivity index (χ0n) is 18.1. The van der Waals surface area contributed by atoms with E-state index in [4.69, 9.17) is 23.9 Å². The molecule has 0 aliphatic carbocycles. The number of ether oxygens (including phenoxy) is 4. The summed E-state index contributed by atoms with van der Waals surface area (Å²) in [4.78, 5) is 5.54. The van der Waals surface area contributed by atoms with E-state index in [1.54, 1.807) is 26.4 Å². The van der Waals surface area contributed by atoms with E-state index in [0.29, 0.717) is 12.2 Å². The van der Waals surface area contributed by atoms with Crippen LogP contribution >= 0.6 is 11.3 Å². The second kappa shape index (κ2) is 8.99. The molecular formula is C25H21FN2O4S. The number of benzene rings is 3. The molecule has 8 heteroatoms. The summed E-state index contributed by atoms with van der Waals surface area (Å²) in [5.41, 5.74) is 3.51. The number of halogens is 1. The maximum atomic E-state index is 13.4. The summed E-state index contributed by atoms with van der Waals surface area (Å²) in [5, 5.41) is 2.03. The molecule has 3 aromatic carbocycles. The van der Waals surface area contributed by atoms with Crippen LogP contribution in [0.15, 0.2) is 71.0 Å². The summed E-state index contributed by atoms with van der Waals surface area (Å²) in [6, 6.07) is 17.7. The number of hydrogen-bond acceptors (Lipinski definition) is 6. The molecule has 0 saturated heterocycles. The fraction of sp³-hybridized carbons (Fsp3) is 0.160. The number of fused-ring (bicyclic) bond motifs is 1. The maximum absolute atomic E-state index is 13.4. The smallest absolute Gasteiger partial charge is 0.231 e. The van der Waals surface area contributed by atoms with Crippen molar-refractivity contribution in [3.8, 4) is 34.3 Å². The van der Waals surface area contributed by atoms with E-state index in [1.165, 1.54) is 23.5 Å². The lowest BCUT2D eigenvalue weighted by molar-refractivity contribution is 0.174. The Hall–Kier alpha value is -3.78. The minimum Gasteiger partial charge on any atom is -0.497 e. The summed E-state index contributed by atoms with van der Waals surface area (Å²) in [5.74, 6) is 2.61. The third-order valence-electron chi connectivity index (χ3n) is 5.31. The van der Waals surface area contributed by atoms with Crippen LogP contribution in [0.3, 0.4) is 0 Å². The zero-order valence-corrected chi connectivity index (χ0v) is 18.9. The molecule has 1 aliphatic heterocycles. The number of methoxy groups -OCH3 is 2. The maximum Gasteiger partial charge on any atom is 0.231 e. The summed E-state index contributed by atoms with van der Waals surface area (Å²) in [6.07, 6.45) is 0. The van der Waals surface area contributed by atoms with Crippen LogP contribution < -0.4 is 23.7 Å². The molecule has 0 amide bonds. The average molecular weight is 465 g/mol. The highest BCUT2D eigenvalue weighted by molar-refractivity contribution is 7.07. The molecule has 0 atom stereocenters. The van der Waals surface area contributed by atoms with Gasteiger partial charge in [0.1, 0.15) is 17.3 Å². The Morgan fingerprint density at radius 1 is 0.970 bits per heavy atom. The molecule has 0 saturated carbocycles. The van der Waals surface area contributed by atoms with Crippen LogP contribution in [0.25, 0.3) is 11.3 Å². The van der Waals surface area contributed by atoms with Crippen LogP contribution in [0.4, 0.5) is 10.1 Å². The van der Waals surface area contributed by atoms with Crippen molar-refractivity contribution in [1.82, 2.24) is 4.57 Å². The highest BCUT2D eigenvalue weighted by atomic mass is 32.1. The quantitative estimate of drug-likeness (QED) is 0.384. The molecular weight excluding hydrogens is 443 g/mol. The average Bonchev–Trinajstić information content (AvgIpc) is 3.47. The molecule has 6 nitrogen and oxygen atoms in total. The first-order valence-electron chi connectivity index (χ1n) is 10.2. The summed E-state index contributed by atoms with van der Waals surface area (Å²) in [7, 11) is 3.28. The summed E-state index contributed by atoms with van der Waals surface area (Å²) < 4.78 is 37.6. The summed E-state index contributed by atoms with van der Waals surface area (Å²) >= 11 is 1.50. The molecule has 168 valence electrons. The number of thiazole rings is 1. The van der Waals surface area contributed by atoms with Crippen molar-refractivity contribution in [2.75, 3.05) is 21.0 Å². The number of hydrogen-bond donors (Lipinski definition) is 0. The van der Waals surface area contributed by atoms with Crippen LogP contribution in [0.1, 0.15) is 5.56 Å². The number of aromatic nitrogens is 1. The molecule has 0 unspecified atom stereocenters. The topological polar surface area (TPSA) is 54.2 Å². The van der Waals surface area contributed by atoms with Crippen molar-refractivity contribution in [1.29, 1.82) is 0 Å². The molecule has 33 heavy (non-hydrogen) atoms. The summed E-state index contributed by atoms with van der Waals surface area (Å²) in [6.45, 7) is 0.762. The first-order chi connectivity index (χ1) is 16.1. The van der Waals surface area contributed by atoms with Crippen LogP contribution in [0.5, 0.6) is 23.0 Å². The van der Waals surface area contributed by atoms with E-state index in [9.17, 15) is 4.39 Å². The lowest BCUT2D eigenvalue weighted by atomic mass is 10.1. The second-order valence-corrected chi connectivity index (χ2v) is 8.17. The standard InChI is InChI=1S/C25H21FN2O4S/c1-29-19-8-10-22(30-2)20(12-19)21-14-33-25(27-18-6-4-17(26)5-7-18)28(21)13-16-3-9-23-24(11-16)32-15-31-23/h3-12,14H,13,15H2,1-2H3. The normalized spacial score (nSPS) is 12.8. The van der Waals surface area contributed by atoms with E-state index >= 15 is 0 Å². The van der Waals surface area contributed by atoms with Crippen LogP contribution in [-0.2, 0) is 6.54 Å². The van der Waals surface area contributed by atoms with E-state index in [1.807, 2.05) is 41.8 Å². The van der Waals surface area contributed by atoms with Crippen molar-refractivity contribution in [2.45, 2.75) is 6.54 Å². The van der Waals surface area contributed by atoms with Gasteiger partial charge in [-0.05, 0) is 60.2 Å². The van der Waals surface area contributed by atoms with Crippen LogP contribution in [-0.4, -0.2) is 25.6 Å². The molecule has 4 aromatic rings. The SMILES string of the molecule is COc1ccc(OC)c(-c2csc(=Nc3ccc(F)cc3)n2Cc2ccc3c(c2)OCO3)c1. The van der Waals surface area contributed by atoms with Gasteiger partial charge in [0.15, 0.2) is 16.3 Å². The molecule has 0 radical (unpaired) electrons. The molecule has 2 heterocycles. The van der Waals surface area contributed by atoms with E-state index in [-0.39, 0.29) is 12.6 Å². The highest BCUT2D eigenvalue weighted by Crippen LogP contribution is 2.36. The van der Waals surface area contributed by atoms with Gasteiger partial charge in [0.05, 0.1) is 32.1 Å². The van der Waals surface area contributed by atoms with E-state index in [0.717, 1.165) is 44.6 Å². The zero-order chi connectivity index (χ0) is 22.8. The van der Waals surface area contributed by atoms with Gasteiger partial charge in [0, 0.05) is 10.9 Å². The van der Waals surface area contributed by atoms with Crippen molar-refractivity contribution in [2.24, 2.45) is 4.99 Å². The van der Waals surface area contributed by atoms with Gasteiger partial charge in [0.2, 0.25) is 6.79 Å². The Bertz CT molecular complexity index is 1360. The van der Waals surface area contributed by atoms with Crippen LogP contribution in [0, 0.1) is 5.82 Å². The van der Waals surface area contributed by atoms with Crippen molar-refractivity contribution in [3.63, 3.8) is 0 Å². The Morgan fingerprint density at radius 2 is 1.79 bits per heavy atom. The molecule has 0 N–H and O–H groups in total. The van der Waals surface area contributed by atoms with Crippen LogP contribution in [0.2, 0.25) is 0 Å². The predicted molar refractivity (Wildman–Crippen MR) is 124 cm³/mol. The van der Waals surface area contributed by atoms with Crippen molar-refractivity contribution >= 4 is 17.0 Å². The van der Waals surface area contributed by atoms with Gasteiger partial charge in [-0.25, -0.2) is 9.38 Å². The Morgan fingerprint density at radius 3 is 2.58 bits per heavy atom. The predicted octanol–water partition coefficient (Wildman–Crippen LogP) is 5.38. The molecule has 5 rings (SSSR count). The minimum atomic E-state index is -0.296. The van der Waals surface area contributed by atoms with Gasteiger partial charge in [-0.2, -0.15) is 0 Å². The Balaban J connectivity index is 1.65. The van der Waals surface area contributed by atoms with Crippen molar-refractivity contribution < 1.29 is 23.3 Å². The number of nitrogens with zero attached hydrogens (tertiary/aromatic N) is 2. The van der Waals surface area contributed by atoms with Gasteiger partial charge >= 0.3 is 0 Å². The lowest BCUT2D eigenvalue weighted by Gasteiger charge is -2.14. The molecule has 1 aromatic heterocycles. The molecule has 0 bridgehead atoms. The fourth-order valence-corrected chi connectivity index (χ4v) is 4.57. The Labute approximate surface area is 194 Å². The largest absolute Gasteiger partial charge is 0.497 e. The van der Waals surface area contributed by atoms with Gasteiger partial charge in [-0.15, -0.1) is 11.3 Å². The van der Waals surface area contributed by atoms with E-state index < -0.39 is 0 Å². The Kier molecular flexibility index (Phi) is 5.75.